The van der Waals surface area contributed by atoms with Crippen LogP contribution in [0.2, 0.25) is 0 Å². The Morgan fingerprint density at radius 1 is 0.889 bits per heavy atom. The van der Waals surface area contributed by atoms with Gasteiger partial charge in [-0.1, -0.05) is 0 Å². The molecule has 1 aromatic heterocycles. The first kappa shape index (κ1) is 22.8. The van der Waals surface area contributed by atoms with Crippen molar-refractivity contribution in [3.63, 3.8) is 0 Å². The van der Waals surface area contributed by atoms with Crippen molar-refractivity contribution < 1.29 is 19.4 Å². The third kappa shape index (κ3) is 3.76. The van der Waals surface area contributed by atoms with Crippen molar-refractivity contribution in [2.45, 2.75) is 51.6 Å². The fourth-order valence-electron chi connectivity index (χ4n) is 5.48. The van der Waals surface area contributed by atoms with E-state index in [0.29, 0.717) is 37.4 Å². The summed E-state index contributed by atoms with van der Waals surface area (Å²) in [6.45, 7) is 5.27. The van der Waals surface area contributed by atoms with Crippen LogP contribution in [0, 0.1) is 0 Å². The van der Waals surface area contributed by atoms with Crippen LogP contribution in [0.25, 0.3) is 5.69 Å². The van der Waals surface area contributed by atoms with E-state index in [1.165, 1.54) is 0 Å². The molecule has 0 atom stereocenters. The van der Waals surface area contributed by atoms with Gasteiger partial charge in [0.05, 0.1) is 18.0 Å². The third-order valence-electron chi connectivity index (χ3n) is 7.31. The zero-order valence-corrected chi connectivity index (χ0v) is 20.7. The molecule has 0 aliphatic carbocycles. The van der Waals surface area contributed by atoms with Crippen LogP contribution in [0.4, 0.5) is 11.4 Å². The molecule has 4 heterocycles. The molecule has 8 heteroatoms. The van der Waals surface area contributed by atoms with Crippen molar-refractivity contribution in [1.82, 2.24) is 9.78 Å². The van der Waals surface area contributed by atoms with E-state index in [1.54, 1.807) is 23.4 Å². The zero-order chi connectivity index (χ0) is 25.0. The number of anilines is 2. The van der Waals surface area contributed by atoms with E-state index in [-0.39, 0.29) is 11.8 Å². The number of piperidine rings is 1. The maximum atomic E-state index is 13.9. The topological polar surface area (TPSA) is 87.9 Å². The number of hydrogen-bond acceptors (Lipinski definition) is 5. The lowest BCUT2D eigenvalue weighted by Gasteiger charge is -2.30. The summed E-state index contributed by atoms with van der Waals surface area (Å²) in [6, 6.07) is 13.5. The number of carbonyl (C=O) groups excluding carboxylic acids is 2. The lowest BCUT2D eigenvalue weighted by atomic mass is 9.94. The first-order chi connectivity index (χ1) is 17.3. The van der Waals surface area contributed by atoms with Crippen molar-refractivity contribution in [3.8, 4) is 11.4 Å². The summed E-state index contributed by atoms with van der Waals surface area (Å²) < 4.78 is 7.33. The smallest absolute Gasteiger partial charge is 0.277 e. The van der Waals surface area contributed by atoms with Gasteiger partial charge < -0.3 is 19.6 Å². The van der Waals surface area contributed by atoms with Crippen molar-refractivity contribution in [1.29, 1.82) is 0 Å². The number of benzene rings is 2. The summed E-state index contributed by atoms with van der Waals surface area (Å²) in [6.07, 6.45) is 3.92. The van der Waals surface area contributed by atoms with Crippen molar-refractivity contribution in [2.75, 3.05) is 29.5 Å². The van der Waals surface area contributed by atoms with Crippen LogP contribution < -0.4 is 14.5 Å². The molecule has 36 heavy (non-hydrogen) atoms. The molecule has 3 aromatic rings. The van der Waals surface area contributed by atoms with Crippen LogP contribution in [0.3, 0.4) is 0 Å². The largest absolute Gasteiger partial charge is 0.493 e. The number of hydrogen-bond donors (Lipinski definition) is 1. The SMILES string of the molecule is CC(C)(O)c1nn(-c2ccc3c(c2)CCO3)c2c1CCN(c1ccc(N3CCCCC3=O)cc1)C2=O. The maximum Gasteiger partial charge on any atom is 0.277 e. The van der Waals surface area contributed by atoms with Crippen LogP contribution in [-0.2, 0) is 23.2 Å². The van der Waals surface area contributed by atoms with Crippen molar-refractivity contribution >= 4 is 23.2 Å². The van der Waals surface area contributed by atoms with Gasteiger partial charge in [0.25, 0.3) is 5.91 Å². The molecule has 0 spiro atoms. The van der Waals surface area contributed by atoms with Crippen LogP contribution in [0.15, 0.2) is 42.5 Å². The highest BCUT2D eigenvalue weighted by Crippen LogP contribution is 2.35. The van der Waals surface area contributed by atoms with Crippen LogP contribution in [-0.4, -0.2) is 46.4 Å². The molecule has 0 radical (unpaired) electrons. The standard InChI is InChI=1S/C28H30N4O4/c1-28(2,35)26-22-12-15-31(20-8-6-19(7-9-20)30-14-4-3-5-24(30)33)27(34)25(22)32(29-26)21-10-11-23-18(17-21)13-16-36-23/h6-11,17,35H,3-5,12-16H2,1-2H3. The Bertz CT molecular complexity index is 1350. The van der Waals surface area contributed by atoms with E-state index in [9.17, 15) is 14.7 Å². The molecule has 1 fully saturated rings. The van der Waals surface area contributed by atoms with Gasteiger partial charge in [0, 0.05) is 42.9 Å². The Balaban J connectivity index is 1.37. The van der Waals surface area contributed by atoms with Gasteiger partial charge in [0.2, 0.25) is 5.91 Å². The van der Waals surface area contributed by atoms with Crippen molar-refractivity contribution in [2.24, 2.45) is 0 Å². The van der Waals surface area contributed by atoms with Gasteiger partial charge in [0.1, 0.15) is 17.0 Å². The molecular weight excluding hydrogens is 456 g/mol. The molecule has 3 aliphatic heterocycles. The molecule has 3 aliphatic rings. The van der Waals surface area contributed by atoms with Gasteiger partial charge in [-0.3, -0.25) is 9.59 Å². The molecule has 0 unspecified atom stereocenters. The quantitative estimate of drug-likeness (QED) is 0.607. The average Bonchev–Trinajstić information content (AvgIpc) is 3.49. The van der Waals surface area contributed by atoms with E-state index in [1.807, 2.05) is 47.4 Å². The normalized spacial score (nSPS) is 17.8. The predicted octanol–water partition coefficient (Wildman–Crippen LogP) is 3.75. The number of amides is 2. The van der Waals surface area contributed by atoms with E-state index in [2.05, 4.69) is 0 Å². The second-order valence-corrected chi connectivity index (χ2v) is 10.3. The minimum Gasteiger partial charge on any atom is -0.493 e. The summed E-state index contributed by atoms with van der Waals surface area (Å²) in [5.41, 5.74) is 4.12. The summed E-state index contributed by atoms with van der Waals surface area (Å²) in [7, 11) is 0. The van der Waals surface area contributed by atoms with Gasteiger partial charge in [-0.15, -0.1) is 0 Å². The Labute approximate surface area is 210 Å². The predicted molar refractivity (Wildman–Crippen MR) is 136 cm³/mol. The summed E-state index contributed by atoms with van der Waals surface area (Å²) in [4.78, 5) is 29.8. The minimum absolute atomic E-state index is 0.149. The van der Waals surface area contributed by atoms with Gasteiger partial charge in [0.15, 0.2) is 0 Å². The molecule has 0 bridgehead atoms. The molecule has 0 saturated carbocycles. The first-order valence-electron chi connectivity index (χ1n) is 12.6. The van der Waals surface area contributed by atoms with Gasteiger partial charge >= 0.3 is 0 Å². The average molecular weight is 487 g/mol. The van der Waals surface area contributed by atoms with E-state index >= 15 is 0 Å². The Morgan fingerprint density at radius 2 is 1.61 bits per heavy atom. The highest BCUT2D eigenvalue weighted by molar-refractivity contribution is 6.08. The lowest BCUT2D eigenvalue weighted by Crippen LogP contribution is -2.39. The number of rotatable bonds is 4. The number of aromatic nitrogens is 2. The zero-order valence-electron chi connectivity index (χ0n) is 20.7. The summed E-state index contributed by atoms with van der Waals surface area (Å²) in [5, 5.41) is 15.6. The molecule has 2 amide bonds. The highest BCUT2D eigenvalue weighted by Gasteiger charge is 2.37. The molecule has 6 rings (SSSR count). The van der Waals surface area contributed by atoms with Gasteiger partial charge in [-0.2, -0.15) is 5.10 Å². The van der Waals surface area contributed by atoms with Gasteiger partial charge in [-0.05, 0) is 81.1 Å². The third-order valence-corrected chi connectivity index (χ3v) is 7.31. The summed E-state index contributed by atoms with van der Waals surface area (Å²) in [5.74, 6) is 0.857. The first-order valence-corrected chi connectivity index (χ1v) is 12.6. The van der Waals surface area contributed by atoms with E-state index < -0.39 is 5.60 Å². The molecule has 2 aromatic carbocycles. The van der Waals surface area contributed by atoms with Crippen LogP contribution in [0.1, 0.15) is 60.4 Å². The van der Waals surface area contributed by atoms with Crippen molar-refractivity contribution in [3.05, 3.63) is 65.0 Å². The highest BCUT2D eigenvalue weighted by atomic mass is 16.5. The van der Waals surface area contributed by atoms with E-state index in [4.69, 9.17) is 9.84 Å². The maximum absolute atomic E-state index is 13.9. The summed E-state index contributed by atoms with van der Waals surface area (Å²) >= 11 is 0. The second-order valence-electron chi connectivity index (χ2n) is 10.3. The Hall–Kier alpha value is -3.65. The number of carbonyl (C=O) groups is 2. The molecule has 186 valence electrons. The van der Waals surface area contributed by atoms with E-state index in [0.717, 1.165) is 59.7 Å². The monoisotopic (exact) mass is 486 g/mol. The second kappa shape index (κ2) is 8.48. The lowest BCUT2D eigenvalue weighted by molar-refractivity contribution is -0.119. The molecule has 1 N–H and O–H groups in total. The Kier molecular flexibility index (Phi) is 5.37. The molecule has 1 saturated heterocycles. The molecule has 8 nitrogen and oxygen atoms in total. The minimum atomic E-state index is -1.18. The Morgan fingerprint density at radius 3 is 2.33 bits per heavy atom. The number of aliphatic hydroxyl groups is 1. The fourth-order valence-corrected chi connectivity index (χ4v) is 5.48. The number of ether oxygens (including phenoxy) is 1. The number of fused-ring (bicyclic) bond motifs is 2. The molecular formula is C28H30N4O4. The van der Waals surface area contributed by atoms with Crippen LogP contribution >= 0.6 is 0 Å². The fraction of sp³-hybridized carbons (Fsp3) is 0.393. The van der Waals surface area contributed by atoms with Gasteiger partial charge in [-0.25, -0.2) is 4.68 Å². The van der Waals surface area contributed by atoms with Crippen LogP contribution in [0.5, 0.6) is 5.75 Å². The number of nitrogens with zero attached hydrogens (tertiary/aromatic N) is 4.